The fourth-order valence-electron chi connectivity index (χ4n) is 3.28. The van der Waals surface area contributed by atoms with Gasteiger partial charge in [-0.1, -0.05) is 23.7 Å². The first-order valence-corrected chi connectivity index (χ1v) is 10.8. The van der Waals surface area contributed by atoms with Crippen LogP contribution in [-0.2, 0) is 21.1 Å². The number of aryl methyl sites for hydroxylation is 1. The average Bonchev–Trinajstić information content (AvgIpc) is 2.98. The lowest BCUT2D eigenvalue weighted by Gasteiger charge is -2.08. The first-order valence-electron chi connectivity index (χ1n) is 8.97. The van der Waals surface area contributed by atoms with Crippen molar-refractivity contribution in [3.63, 3.8) is 0 Å². The molecule has 9 heteroatoms. The number of aromatic nitrogens is 3. The van der Waals surface area contributed by atoms with E-state index in [4.69, 9.17) is 22.1 Å². The number of ether oxygens (including phenoxy) is 1. The van der Waals surface area contributed by atoms with Crippen LogP contribution in [0.5, 0.6) is 0 Å². The molecular weight excluding hydrogens is 412 g/mol. The second-order valence-electron chi connectivity index (χ2n) is 6.55. The summed E-state index contributed by atoms with van der Waals surface area (Å²) in [7, 11) is -2.32. The molecule has 0 unspecified atom stereocenters. The summed E-state index contributed by atoms with van der Waals surface area (Å²) in [6.45, 7) is 0.971. The van der Waals surface area contributed by atoms with E-state index in [0.29, 0.717) is 41.3 Å². The molecule has 2 heterocycles. The van der Waals surface area contributed by atoms with Crippen molar-refractivity contribution in [1.29, 1.82) is 0 Å². The van der Waals surface area contributed by atoms with E-state index < -0.39 is 9.84 Å². The third-order valence-electron chi connectivity index (χ3n) is 4.67. The molecule has 2 aromatic heterocycles. The van der Waals surface area contributed by atoms with Crippen LogP contribution in [0, 0.1) is 0 Å². The predicted octanol–water partition coefficient (Wildman–Crippen LogP) is 3.69. The van der Waals surface area contributed by atoms with Gasteiger partial charge in [-0.15, -0.1) is 0 Å². The van der Waals surface area contributed by atoms with Crippen LogP contribution in [0.1, 0.15) is 6.42 Å². The SMILES string of the molecule is COCCCn1c(N)c(S(=O)(=O)c2ccc(Cl)cc2)c2nc3ccccc3nc21. The first-order chi connectivity index (χ1) is 13.9. The summed E-state index contributed by atoms with van der Waals surface area (Å²) >= 11 is 5.92. The minimum absolute atomic E-state index is 0.0366. The number of nitrogen functional groups attached to an aromatic ring is 1. The number of fused-ring (bicyclic) bond motifs is 2. The Morgan fingerprint density at radius 3 is 2.38 bits per heavy atom. The monoisotopic (exact) mass is 430 g/mol. The summed E-state index contributed by atoms with van der Waals surface area (Å²) < 4.78 is 33.7. The van der Waals surface area contributed by atoms with E-state index in [-0.39, 0.29) is 21.1 Å². The lowest BCUT2D eigenvalue weighted by Crippen LogP contribution is -2.09. The molecule has 29 heavy (non-hydrogen) atoms. The average molecular weight is 431 g/mol. The molecule has 7 nitrogen and oxygen atoms in total. The zero-order valence-electron chi connectivity index (χ0n) is 15.7. The van der Waals surface area contributed by atoms with Crippen LogP contribution in [0.4, 0.5) is 5.82 Å². The van der Waals surface area contributed by atoms with Crippen molar-refractivity contribution in [3.05, 3.63) is 53.6 Å². The first kappa shape index (κ1) is 19.6. The Bertz CT molecular complexity index is 1300. The molecule has 4 aromatic rings. The van der Waals surface area contributed by atoms with E-state index in [2.05, 4.69) is 9.97 Å². The Labute approximate surface area is 173 Å². The summed E-state index contributed by atoms with van der Waals surface area (Å²) in [6.07, 6.45) is 0.652. The molecule has 0 aliphatic rings. The van der Waals surface area contributed by atoms with Crippen molar-refractivity contribution < 1.29 is 13.2 Å². The van der Waals surface area contributed by atoms with Gasteiger partial charge in [0.15, 0.2) is 5.65 Å². The second kappa shape index (κ2) is 7.62. The van der Waals surface area contributed by atoms with Gasteiger partial charge in [0.1, 0.15) is 16.2 Å². The second-order valence-corrected chi connectivity index (χ2v) is 8.88. The van der Waals surface area contributed by atoms with Crippen LogP contribution in [0.25, 0.3) is 22.2 Å². The summed E-state index contributed by atoms with van der Waals surface area (Å²) in [4.78, 5) is 9.31. The largest absolute Gasteiger partial charge is 0.385 e. The van der Waals surface area contributed by atoms with Crippen molar-refractivity contribution in [1.82, 2.24) is 14.5 Å². The minimum Gasteiger partial charge on any atom is -0.385 e. The van der Waals surface area contributed by atoms with E-state index in [1.54, 1.807) is 17.7 Å². The maximum atomic E-state index is 13.4. The Morgan fingerprint density at radius 2 is 1.72 bits per heavy atom. The van der Waals surface area contributed by atoms with Crippen molar-refractivity contribution in [2.75, 3.05) is 19.5 Å². The lowest BCUT2D eigenvalue weighted by atomic mass is 10.3. The van der Waals surface area contributed by atoms with Gasteiger partial charge < -0.3 is 15.0 Å². The number of hydrogen-bond donors (Lipinski definition) is 1. The van der Waals surface area contributed by atoms with Crippen LogP contribution in [0.3, 0.4) is 0 Å². The highest BCUT2D eigenvalue weighted by Crippen LogP contribution is 2.35. The number of nitrogens with two attached hydrogens (primary N) is 1. The number of anilines is 1. The molecule has 0 saturated carbocycles. The van der Waals surface area contributed by atoms with E-state index in [0.717, 1.165) is 0 Å². The number of halogens is 1. The van der Waals surface area contributed by atoms with Crippen molar-refractivity contribution in [2.24, 2.45) is 0 Å². The van der Waals surface area contributed by atoms with Gasteiger partial charge in [-0.25, -0.2) is 18.4 Å². The molecule has 0 atom stereocenters. The third-order valence-corrected chi connectivity index (χ3v) is 6.75. The van der Waals surface area contributed by atoms with E-state index in [1.165, 1.54) is 24.3 Å². The van der Waals surface area contributed by atoms with E-state index in [9.17, 15) is 8.42 Å². The van der Waals surface area contributed by atoms with Gasteiger partial charge in [0.25, 0.3) is 0 Å². The number of para-hydroxylation sites is 2. The summed E-state index contributed by atoms with van der Waals surface area (Å²) in [6, 6.07) is 13.3. The third kappa shape index (κ3) is 3.43. The van der Waals surface area contributed by atoms with Gasteiger partial charge in [-0.05, 0) is 42.8 Å². The molecule has 0 aliphatic heterocycles. The van der Waals surface area contributed by atoms with Gasteiger partial charge in [-0.3, -0.25) is 0 Å². The summed E-state index contributed by atoms with van der Waals surface area (Å²) in [5.74, 6) is 0.112. The smallest absolute Gasteiger partial charge is 0.212 e. The number of benzene rings is 2. The minimum atomic E-state index is -3.93. The molecule has 0 aliphatic carbocycles. The van der Waals surface area contributed by atoms with Crippen molar-refractivity contribution in [2.45, 2.75) is 22.8 Å². The highest BCUT2D eigenvalue weighted by molar-refractivity contribution is 7.92. The molecule has 0 bridgehead atoms. The number of hydrogen-bond acceptors (Lipinski definition) is 6. The van der Waals surface area contributed by atoms with Crippen LogP contribution in [-0.4, -0.2) is 36.7 Å². The van der Waals surface area contributed by atoms with Gasteiger partial charge in [-0.2, -0.15) is 0 Å². The van der Waals surface area contributed by atoms with Crippen molar-refractivity contribution >= 4 is 49.5 Å². The maximum absolute atomic E-state index is 13.4. The van der Waals surface area contributed by atoms with Crippen LogP contribution < -0.4 is 5.73 Å². The summed E-state index contributed by atoms with van der Waals surface area (Å²) in [5.41, 5.74) is 8.31. The Morgan fingerprint density at radius 1 is 1.07 bits per heavy atom. The highest BCUT2D eigenvalue weighted by atomic mass is 35.5. The normalized spacial score (nSPS) is 12.1. The number of nitrogens with zero attached hydrogens (tertiary/aromatic N) is 3. The highest BCUT2D eigenvalue weighted by Gasteiger charge is 2.30. The Hall–Kier alpha value is -2.68. The molecule has 0 fully saturated rings. The zero-order chi connectivity index (χ0) is 20.6. The molecule has 0 amide bonds. The molecule has 2 aromatic carbocycles. The molecule has 0 saturated heterocycles. The molecule has 150 valence electrons. The number of methoxy groups -OCH3 is 1. The predicted molar refractivity (Wildman–Crippen MR) is 113 cm³/mol. The van der Waals surface area contributed by atoms with Gasteiger partial charge >= 0.3 is 0 Å². The summed E-state index contributed by atoms with van der Waals surface area (Å²) in [5, 5.41) is 0.449. The van der Waals surface area contributed by atoms with Crippen LogP contribution in [0.15, 0.2) is 58.3 Å². The molecular formula is C20H19ClN4O3S. The molecule has 2 N–H and O–H groups in total. The van der Waals surface area contributed by atoms with Gasteiger partial charge in [0.2, 0.25) is 9.84 Å². The van der Waals surface area contributed by atoms with Crippen molar-refractivity contribution in [3.8, 4) is 0 Å². The molecule has 4 rings (SSSR count). The van der Waals surface area contributed by atoms with E-state index >= 15 is 0 Å². The fraction of sp³-hybridized carbons (Fsp3) is 0.200. The Balaban J connectivity index is 2.00. The Kier molecular flexibility index (Phi) is 5.16. The van der Waals surface area contributed by atoms with E-state index in [1.807, 2.05) is 18.2 Å². The lowest BCUT2D eigenvalue weighted by molar-refractivity contribution is 0.191. The quantitative estimate of drug-likeness (QED) is 0.468. The number of rotatable bonds is 6. The molecule has 0 spiro atoms. The maximum Gasteiger partial charge on any atom is 0.212 e. The van der Waals surface area contributed by atoms with Crippen LogP contribution >= 0.6 is 11.6 Å². The molecule has 0 radical (unpaired) electrons. The fourth-order valence-corrected chi connectivity index (χ4v) is 4.91. The topological polar surface area (TPSA) is 100 Å². The van der Waals surface area contributed by atoms with Crippen LogP contribution in [0.2, 0.25) is 5.02 Å². The van der Waals surface area contributed by atoms with Gasteiger partial charge in [0.05, 0.1) is 15.9 Å². The zero-order valence-corrected chi connectivity index (χ0v) is 17.2. The van der Waals surface area contributed by atoms with Gasteiger partial charge in [0, 0.05) is 25.3 Å². The number of sulfone groups is 1. The standard InChI is InChI=1S/C20H19ClN4O3S/c1-28-12-4-11-25-19(22)18(29(26,27)14-9-7-13(21)8-10-14)17-20(25)24-16-6-3-2-5-15(16)23-17/h2-3,5-10H,4,11-12,22H2,1H3.